The van der Waals surface area contributed by atoms with Gasteiger partial charge in [0.2, 0.25) is 0 Å². The maximum absolute atomic E-state index is 4.84. The first-order valence-corrected chi connectivity index (χ1v) is 8.89. The summed E-state index contributed by atoms with van der Waals surface area (Å²) in [6.07, 6.45) is 3.54. The number of hydrogen-bond acceptors (Lipinski definition) is 2. The van der Waals surface area contributed by atoms with Gasteiger partial charge in [-0.25, -0.2) is 0 Å². The second-order valence-electron chi connectivity index (χ2n) is 6.72. The van der Waals surface area contributed by atoms with Crippen LogP contribution in [-0.4, -0.2) is 51.1 Å². The number of aliphatic imine (C=N–C) groups is 1. The first-order valence-electron chi connectivity index (χ1n) is 8.89. The quantitative estimate of drug-likeness (QED) is 0.428. The first-order chi connectivity index (χ1) is 11.1. The van der Waals surface area contributed by atoms with Gasteiger partial charge in [-0.2, -0.15) is 0 Å². The van der Waals surface area contributed by atoms with Crippen molar-refractivity contribution >= 4 is 35.6 Å². The number of rotatable bonds is 5. The predicted octanol–water partition coefficient (Wildman–Crippen LogP) is 3.61. The molecular formula is C19H33IN4. The topological polar surface area (TPSA) is 30.9 Å². The summed E-state index contributed by atoms with van der Waals surface area (Å²) in [6.45, 7) is 8.52. The molecule has 1 heterocycles. The summed E-state index contributed by atoms with van der Waals surface area (Å²) in [5.41, 5.74) is 2.59. The van der Waals surface area contributed by atoms with Crippen LogP contribution >= 0.6 is 24.0 Å². The van der Waals surface area contributed by atoms with Gasteiger partial charge in [0.05, 0.1) is 0 Å². The lowest BCUT2D eigenvalue weighted by Crippen LogP contribution is -2.45. The lowest BCUT2D eigenvalue weighted by molar-refractivity contribution is 0.273. The van der Waals surface area contributed by atoms with Crippen LogP contribution in [0.3, 0.4) is 0 Å². The second-order valence-corrected chi connectivity index (χ2v) is 6.72. The summed E-state index contributed by atoms with van der Waals surface area (Å²) in [7, 11) is 4.14. The zero-order chi connectivity index (χ0) is 16.7. The van der Waals surface area contributed by atoms with E-state index in [1.165, 1.54) is 24.1 Å². The zero-order valence-corrected chi connectivity index (χ0v) is 17.9. The molecule has 1 aromatic rings. The molecule has 1 aliphatic heterocycles. The monoisotopic (exact) mass is 444 g/mol. The minimum absolute atomic E-state index is 0. The molecular weight excluding hydrogens is 411 g/mol. The molecule has 0 unspecified atom stereocenters. The smallest absolute Gasteiger partial charge is 0.193 e. The Morgan fingerprint density at radius 2 is 1.83 bits per heavy atom. The van der Waals surface area contributed by atoms with Gasteiger partial charge >= 0.3 is 0 Å². The second kappa shape index (κ2) is 10.8. The van der Waals surface area contributed by atoms with Crippen LogP contribution in [0.5, 0.6) is 0 Å². The van der Waals surface area contributed by atoms with Gasteiger partial charge in [0.25, 0.3) is 0 Å². The van der Waals surface area contributed by atoms with Crippen molar-refractivity contribution in [3.8, 4) is 0 Å². The van der Waals surface area contributed by atoms with E-state index < -0.39 is 0 Å². The summed E-state index contributed by atoms with van der Waals surface area (Å²) in [5.74, 6) is 1.94. The summed E-state index contributed by atoms with van der Waals surface area (Å²) < 4.78 is 0. The van der Waals surface area contributed by atoms with Crippen molar-refractivity contribution in [3.05, 3.63) is 29.8 Å². The van der Waals surface area contributed by atoms with Crippen LogP contribution in [0.15, 0.2) is 29.3 Å². The van der Waals surface area contributed by atoms with Crippen molar-refractivity contribution in [1.82, 2.24) is 10.2 Å². The minimum Gasteiger partial charge on any atom is -0.378 e. The van der Waals surface area contributed by atoms with Crippen LogP contribution in [0.25, 0.3) is 0 Å². The molecule has 2 rings (SSSR count). The predicted molar refractivity (Wildman–Crippen MR) is 116 cm³/mol. The number of piperidine rings is 1. The van der Waals surface area contributed by atoms with Gasteiger partial charge in [-0.05, 0) is 49.8 Å². The Morgan fingerprint density at radius 1 is 1.21 bits per heavy atom. The normalized spacial score (nSPS) is 15.8. The van der Waals surface area contributed by atoms with Gasteiger partial charge in [0.1, 0.15) is 0 Å². The molecule has 1 aromatic carbocycles. The van der Waals surface area contributed by atoms with E-state index >= 15 is 0 Å². The SMILES string of the molecule is CCNC(=NCCc1ccc(N(C)C)cc1)N1CCC(C)CC1.I. The van der Waals surface area contributed by atoms with Gasteiger partial charge in [0, 0.05) is 46.0 Å². The maximum Gasteiger partial charge on any atom is 0.193 e. The van der Waals surface area contributed by atoms with Crippen molar-refractivity contribution in [2.24, 2.45) is 10.9 Å². The molecule has 0 spiro atoms. The number of halogens is 1. The molecule has 0 radical (unpaired) electrons. The van der Waals surface area contributed by atoms with Crippen LogP contribution in [-0.2, 0) is 6.42 Å². The number of hydrogen-bond donors (Lipinski definition) is 1. The summed E-state index contributed by atoms with van der Waals surface area (Å²) in [6, 6.07) is 8.77. The molecule has 1 N–H and O–H groups in total. The molecule has 24 heavy (non-hydrogen) atoms. The third kappa shape index (κ3) is 6.49. The zero-order valence-electron chi connectivity index (χ0n) is 15.6. The van der Waals surface area contributed by atoms with Crippen molar-refractivity contribution in [1.29, 1.82) is 0 Å². The standard InChI is InChI=1S/C19H32N4.HI/c1-5-20-19(23-14-11-16(2)12-15-23)21-13-10-17-6-8-18(9-7-17)22(3)4;/h6-9,16H,5,10-15H2,1-4H3,(H,20,21);1H. The van der Waals surface area contributed by atoms with Gasteiger partial charge < -0.3 is 15.1 Å². The minimum atomic E-state index is 0. The van der Waals surface area contributed by atoms with E-state index in [0.717, 1.165) is 44.5 Å². The average Bonchev–Trinajstić information content (AvgIpc) is 2.55. The summed E-state index contributed by atoms with van der Waals surface area (Å²) in [4.78, 5) is 9.38. The van der Waals surface area contributed by atoms with Crippen LogP contribution in [0, 0.1) is 5.92 Å². The molecule has 0 saturated carbocycles. The van der Waals surface area contributed by atoms with Crippen molar-refractivity contribution in [3.63, 3.8) is 0 Å². The van der Waals surface area contributed by atoms with Crippen molar-refractivity contribution in [2.75, 3.05) is 45.2 Å². The van der Waals surface area contributed by atoms with E-state index in [1.807, 2.05) is 0 Å². The van der Waals surface area contributed by atoms with Crippen LogP contribution in [0.4, 0.5) is 5.69 Å². The largest absolute Gasteiger partial charge is 0.378 e. The molecule has 0 amide bonds. The van der Waals surface area contributed by atoms with Crippen LogP contribution in [0.2, 0.25) is 0 Å². The summed E-state index contributed by atoms with van der Waals surface area (Å²) >= 11 is 0. The lowest BCUT2D eigenvalue weighted by atomic mass is 10.00. The van der Waals surface area contributed by atoms with Gasteiger partial charge in [0.15, 0.2) is 5.96 Å². The highest BCUT2D eigenvalue weighted by molar-refractivity contribution is 14.0. The van der Waals surface area contributed by atoms with Gasteiger partial charge in [-0.15, -0.1) is 24.0 Å². The lowest BCUT2D eigenvalue weighted by Gasteiger charge is -2.33. The summed E-state index contributed by atoms with van der Waals surface area (Å²) in [5, 5.41) is 3.45. The average molecular weight is 444 g/mol. The number of likely N-dealkylation sites (tertiary alicyclic amines) is 1. The molecule has 5 heteroatoms. The van der Waals surface area contributed by atoms with Crippen molar-refractivity contribution < 1.29 is 0 Å². The molecule has 0 aromatic heterocycles. The Bertz CT molecular complexity index is 491. The fourth-order valence-corrected chi connectivity index (χ4v) is 2.90. The van der Waals surface area contributed by atoms with Crippen LogP contribution < -0.4 is 10.2 Å². The van der Waals surface area contributed by atoms with E-state index in [9.17, 15) is 0 Å². The molecule has 1 fully saturated rings. The Kier molecular flexibility index (Phi) is 9.48. The number of guanidine groups is 1. The molecule has 4 nitrogen and oxygen atoms in total. The Balaban J connectivity index is 0.00000288. The highest BCUT2D eigenvalue weighted by atomic mass is 127. The number of nitrogens with zero attached hydrogens (tertiary/aromatic N) is 3. The Morgan fingerprint density at radius 3 is 2.38 bits per heavy atom. The molecule has 1 aliphatic rings. The maximum atomic E-state index is 4.84. The number of anilines is 1. The fourth-order valence-electron chi connectivity index (χ4n) is 2.90. The van der Waals surface area contributed by atoms with E-state index in [-0.39, 0.29) is 24.0 Å². The Labute approximate surface area is 164 Å². The van der Waals surface area contributed by atoms with Gasteiger partial charge in [-0.1, -0.05) is 19.1 Å². The number of nitrogens with one attached hydrogen (secondary N) is 1. The number of benzene rings is 1. The third-order valence-electron chi connectivity index (χ3n) is 4.53. The first kappa shape index (κ1) is 21.1. The molecule has 0 bridgehead atoms. The molecule has 136 valence electrons. The molecule has 0 atom stereocenters. The molecule has 0 aliphatic carbocycles. The Hall–Kier alpha value is -0.980. The fraction of sp³-hybridized carbons (Fsp3) is 0.632. The van der Waals surface area contributed by atoms with E-state index in [0.29, 0.717) is 0 Å². The van der Waals surface area contributed by atoms with E-state index in [2.05, 4.69) is 67.3 Å². The highest BCUT2D eigenvalue weighted by Crippen LogP contribution is 2.16. The van der Waals surface area contributed by atoms with Crippen LogP contribution in [0.1, 0.15) is 32.3 Å². The van der Waals surface area contributed by atoms with Gasteiger partial charge in [-0.3, -0.25) is 4.99 Å². The van der Waals surface area contributed by atoms with Crippen molar-refractivity contribution in [2.45, 2.75) is 33.1 Å². The van der Waals surface area contributed by atoms with E-state index in [4.69, 9.17) is 4.99 Å². The highest BCUT2D eigenvalue weighted by Gasteiger charge is 2.18. The van der Waals surface area contributed by atoms with E-state index in [1.54, 1.807) is 0 Å². The molecule has 1 saturated heterocycles. The third-order valence-corrected chi connectivity index (χ3v) is 4.53.